The van der Waals surface area contributed by atoms with E-state index in [1.807, 2.05) is 68.4 Å². The van der Waals surface area contributed by atoms with Gasteiger partial charge in [0.15, 0.2) is 0 Å². The van der Waals surface area contributed by atoms with Gasteiger partial charge in [-0.3, -0.25) is 13.9 Å². The predicted octanol–water partition coefficient (Wildman–Crippen LogP) is 6.59. The molecule has 0 unspecified atom stereocenters. The van der Waals surface area contributed by atoms with Gasteiger partial charge in [0.25, 0.3) is 0 Å². The minimum absolute atomic E-state index is 0.0828. The zero-order chi connectivity index (χ0) is 31.7. The normalized spacial score (nSPS) is 14.5. The summed E-state index contributed by atoms with van der Waals surface area (Å²) in [7, 11) is -3.63. The van der Waals surface area contributed by atoms with Crippen molar-refractivity contribution in [3.63, 3.8) is 0 Å². The summed E-state index contributed by atoms with van der Waals surface area (Å²) in [6.07, 6.45) is 7.14. The molecule has 0 spiro atoms. The number of carbonyl (C=O) groups excluding carboxylic acids is 2. The summed E-state index contributed by atoms with van der Waals surface area (Å²) in [6.45, 7) is 4.23. The first-order valence-electron chi connectivity index (χ1n) is 15.4. The summed E-state index contributed by atoms with van der Waals surface area (Å²) in [6, 6.07) is 22.2. The Kier molecular flexibility index (Phi) is 11.9. The van der Waals surface area contributed by atoms with Crippen molar-refractivity contribution in [1.82, 2.24) is 10.2 Å². The van der Waals surface area contributed by atoms with Crippen molar-refractivity contribution in [3.8, 4) is 0 Å². The number of hydrogen-bond acceptors (Lipinski definition) is 4. The molecule has 1 aliphatic carbocycles. The average Bonchev–Trinajstić information content (AvgIpc) is 2.99. The van der Waals surface area contributed by atoms with Gasteiger partial charge in [-0.2, -0.15) is 0 Å². The first-order valence-corrected chi connectivity index (χ1v) is 17.7. The smallest absolute Gasteiger partial charge is 0.243 e. The third-order valence-corrected chi connectivity index (χ3v) is 9.83. The fourth-order valence-electron chi connectivity index (χ4n) is 5.90. The van der Waals surface area contributed by atoms with Gasteiger partial charge < -0.3 is 10.2 Å². The summed E-state index contributed by atoms with van der Waals surface area (Å²) in [5, 5.41) is 3.71. The van der Waals surface area contributed by atoms with Crippen molar-refractivity contribution < 1.29 is 18.0 Å². The fraction of sp³-hybridized carbons (Fsp3) is 0.429. The number of carbonyl (C=O) groups is 2. The Hall–Kier alpha value is -3.36. The molecular formula is C35H44ClN3O4S. The standard InChI is InChI=1S/C35H44ClN3O4S/c1-26-13-10-11-16-29(26)25-38(33(23-28-14-6-4-7-15-28)35(41)37-31-17-8-5-9-18-31)34(40)19-12-22-39(44(3,42)43)32-24-30(36)21-20-27(32)2/h4,6-7,10-11,13-16,20-21,24,31,33H,5,8-9,12,17-19,22-23,25H2,1-3H3,(H,37,41)/t33-/m0/s1. The number of anilines is 1. The second-order valence-corrected chi connectivity index (χ2v) is 14.2. The van der Waals surface area contributed by atoms with Crippen LogP contribution in [0.3, 0.4) is 0 Å². The van der Waals surface area contributed by atoms with Gasteiger partial charge in [0.1, 0.15) is 6.04 Å². The van der Waals surface area contributed by atoms with Crippen molar-refractivity contribution in [2.75, 3.05) is 17.1 Å². The third-order valence-electron chi connectivity index (χ3n) is 8.42. The quantitative estimate of drug-likeness (QED) is 0.229. The van der Waals surface area contributed by atoms with E-state index < -0.39 is 16.1 Å². The highest BCUT2D eigenvalue weighted by Crippen LogP contribution is 2.27. The lowest BCUT2D eigenvalue weighted by Gasteiger charge is -2.34. The lowest BCUT2D eigenvalue weighted by atomic mass is 9.94. The molecule has 0 radical (unpaired) electrons. The van der Waals surface area contributed by atoms with Crippen LogP contribution in [0.4, 0.5) is 5.69 Å². The molecule has 1 saturated carbocycles. The van der Waals surface area contributed by atoms with E-state index >= 15 is 0 Å². The molecule has 3 aromatic rings. The minimum atomic E-state index is -3.63. The highest BCUT2D eigenvalue weighted by molar-refractivity contribution is 7.92. The van der Waals surface area contributed by atoms with Gasteiger partial charge in [0.05, 0.1) is 11.9 Å². The van der Waals surface area contributed by atoms with Gasteiger partial charge >= 0.3 is 0 Å². The van der Waals surface area contributed by atoms with Crippen molar-refractivity contribution in [1.29, 1.82) is 0 Å². The Morgan fingerprint density at radius 1 is 0.932 bits per heavy atom. The van der Waals surface area contributed by atoms with E-state index in [2.05, 4.69) is 5.32 Å². The molecule has 1 aliphatic rings. The fourth-order valence-corrected chi connectivity index (χ4v) is 7.08. The number of amides is 2. The van der Waals surface area contributed by atoms with E-state index in [0.29, 0.717) is 17.1 Å². The molecule has 0 bridgehead atoms. The molecule has 1 fully saturated rings. The highest BCUT2D eigenvalue weighted by atomic mass is 35.5. The Labute approximate surface area is 267 Å². The highest BCUT2D eigenvalue weighted by Gasteiger charge is 2.32. The van der Waals surface area contributed by atoms with Crippen molar-refractivity contribution in [2.45, 2.75) is 83.8 Å². The average molecular weight is 638 g/mol. The third kappa shape index (κ3) is 9.32. The summed E-state index contributed by atoms with van der Waals surface area (Å²) in [4.78, 5) is 29.8. The van der Waals surface area contributed by atoms with Crippen LogP contribution >= 0.6 is 11.6 Å². The minimum Gasteiger partial charge on any atom is -0.352 e. The molecule has 0 heterocycles. The molecule has 0 saturated heterocycles. The molecule has 44 heavy (non-hydrogen) atoms. The van der Waals surface area contributed by atoms with E-state index in [9.17, 15) is 18.0 Å². The first-order chi connectivity index (χ1) is 21.0. The number of sulfonamides is 1. The maximum atomic E-state index is 14.1. The van der Waals surface area contributed by atoms with Crippen LogP contribution in [-0.2, 0) is 32.6 Å². The summed E-state index contributed by atoms with van der Waals surface area (Å²) in [5.41, 5.74) is 4.25. The van der Waals surface area contributed by atoms with Crippen LogP contribution in [0.15, 0.2) is 72.8 Å². The van der Waals surface area contributed by atoms with Gasteiger partial charge in [-0.1, -0.05) is 91.5 Å². The van der Waals surface area contributed by atoms with Crippen LogP contribution in [0.1, 0.15) is 67.2 Å². The maximum Gasteiger partial charge on any atom is 0.243 e. The molecule has 0 aliphatic heterocycles. The molecular weight excluding hydrogens is 594 g/mol. The second kappa shape index (κ2) is 15.6. The Morgan fingerprint density at radius 2 is 1.61 bits per heavy atom. The molecule has 1 N–H and O–H groups in total. The Balaban J connectivity index is 1.61. The topological polar surface area (TPSA) is 86.8 Å². The van der Waals surface area contributed by atoms with Gasteiger partial charge in [-0.05, 0) is 67.5 Å². The molecule has 3 aromatic carbocycles. The number of aryl methyl sites for hydroxylation is 2. The van der Waals surface area contributed by atoms with Gasteiger partial charge in [0.2, 0.25) is 21.8 Å². The van der Waals surface area contributed by atoms with Crippen LogP contribution in [0.25, 0.3) is 0 Å². The molecule has 2 amide bonds. The molecule has 0 aromatic heterocycles. The van der Waals surface area contributed by atoms with Crippen LogP contribution in [0.5, 0.6) is 0 Å². The lowest BCUT2D eigenvalue weighted by Crippen LogP contribution is -2.53. The monoisotopic (exact) mass is 637 g/mol. The van der Waals surface area contributed by atoms with Crippen molar-refractivity contribution in [2.24, 2.45) is 0 Å². The van der Waals surface area contributed by atoms with Crippen molar-refractivity contribution in [3.05, 3.63) is 100 Å². The number of nitrogens with zero attached hydrogens (tertiary/aromatic N) is 2. The van der Waals surface area contributed by atoms with E-state index in [0.717, 1.165) is 54.2 Å². The van der Waals surface area contributed by atoms with E-state index in [1.54, 1.807) is 23.1 Å². The zero-order valence-corrected chi connectivity index (χ0v) is 27.5. The molecule has 4 rings (SSSR count). The number of rotatable bonds is 13. The molecule has 236 valence electrons. The number of hydrogen-bond donors (Lipinski definition) is 1. The van der Waals surface area contributed by atoms with Gasteiger partial charge in [-0.25, -0.2) is 8.42 Å². The van der Waals surface area contributed by atoms with E-state index in [1.165, 1.54) is 10.7 Å². The van der Waals surface area contributed by atoms with Crippen molar-refractivity contribution >= 4 is 39.1 Å². The van der Waals surface area contributed by atoms with Crippen LogP contribution in [0, 0.1) is 13.8 Å². The molecule has 1 atom stereocenters. The van der Waals surface area contributed by atoms with Crippen LogP contribution < -0.4 is 9.62 Å². The SMILES string of the molecule is Cc1ccccc1CN(C(=O)CCCN(c1cc(Cl)ccc1C)S(C)(=O)=O)[C@@H](Cc1ccccc1)C(=O)NC1CCCCC1. The number of nitrogens with one attached hydrogen (secondary N) is 1. The maximum absolute atomic E-state index is 14.1. The molecule has 7 nitrogen and oxygen atoms in total. The summed E-state index contributed by atoms with van der Waals surface area (Å²) >= 11 is 6.21. The van der Waals surface area contributed by atoms with Gasteiger partial charge in [0, 0.05) is 37.0 Å². The van der Waals surface area contributed by atoms with E-state index in [-0.39, 0.29) is 43.8 Å². The Bertz CT molecular complexity index is 1520. The largest absolute Gasteiger partial charge is 0.352 e. The van der Waals surface area contributed by atoms with E-state index in [4.69, 9.17) is 11.6 Å². The summed E-state index contributed by atoms with van der Waals surface area (Å²) in [5.74, 6) is -0.334. The predicted molar refractivity (Wildman–Crippen MR) is 178 cm³/mol. The number of halogens is 1. The van der Waals surface area contributed by atoms with Crippen LogP contribution in [-0.4, -0.2) is 50.0 Å². The lowest BCUT2D eigenvalue weighted by molar-refractivity contribution is -0.141. The molecule has 9 heteroatoms. The number of benzene rings is 3. The summed E-state index contributed by atoms with van der Waals surface area (Å²) < 4.78 is 26.9. The van der Waals surface area contributed by atoms with Crippen LogP contribution in [0.2, 0.25) is 5.02 Å². The first kappa shape index (κ1) is 33.5. The second-order valence-electron chi connectivity index (χ2n) is 11.9. The zero-order valence-electron chi connectivity index (χ0n) is 26.0. The Morgan fingerprint density at radius 3 is 2.30 bits per heavy atom. The van der Waals surface area contributed by atoms with Gasteiger partial charge in [-0.15, -0.1) is 0 Å².